The number of carbonyl (C=O) groups is 2. The van der Waals surface area contributed by atoms with E-state index in [1.54, 1.807) is 24.3 Å². The Balaban J connectivity index is 2.00. The van der Waals surface area contributed by atoms with Crippen molar-refractivity contribution in [3.63, 3.8) is 0 Å². The molecule has 0 aliphatic rings. The Labute approximate surface area is 126 Å². The minimum atomic E-state index is -0.922. The number of esters is 1. The molecule has 108 valence electrons. The molecule has 0 bridgehead atoms. The van der Waals surface area contributed by atoms with Crippen molar-refractivity contribution in [2.24, 2.45) is 0 Å². The summed E-state index contributed by atoms with van der Waals surface area (Å²) in [5.74, 6) is -0.0322. The molecule has 0 N–H and O–H groups in total. The smallest absolute Gasteiger partial charge is 0.465 e. The minimum absolute atomic E-state index is 0.204. The highest BCUT2D eigenvalue weighted by atomic mass is 35.5. The van der Waals surface area contributed by atoms with Gasteiger partial charge >= 0.3 is 12.1 Å². The number of halogens is 1. The maximum Gasteiger partial charge on any atom is 0.519 e. The molecule has 0 spiro atoms. The van der Waals surface area contributed by atoms with Crippen molar-refractivity contribution in [1.82, 2.24) is 0 Å². The number of para-hydroxylation sites is 1. The van der Waals surface area contributed by atoms with E-state index in [9.17, 15) is 9.59 Å². The molecular weight excluding hydrogens is 296 g/mol. The lowest BCUT2D eigenvalue weighted by Gasteiger charge is -2.07. The summed E-state index contributed by atoms with van der Waals surface area (Å²) < 4.78 is 14.5. The summed E-state index contributed by atoms with van der Waals surface area (Å²) >= 11 is 5.86. The van der Waals surface area contributed by atoms with Gasteiger partial charge in [0.25, 0.3) is 0 Å². The van der Waals surface area contributed by atoms with Crippen molar-refractivity contribution in [1.29, 1.82) is 0 Å². The van der Waals surface area contributed by atoms with Gasteiger partial charge in [-0.3, -0.25) is 0 Å². The largest absolute Gasteiger partial charge is 0.519 e. The van der Waals surface area contributed by atoms with E-state index in [1.165, 1.54) is 31.4 Å². The van der Waals surface area contributed by atoms with Crippen LogP contribution in [0.5, 0.6) is 11.5 Å². The van der Waals surface area contributed by atoms with Gasteiger partial charge in [0, 0.05) is 0 Å². The lowest BCUT2D eigenvalue weighted by Crippen LogP contribution is -2.14. The average Bonchev–Trinajstić information content (AvgIpc) is 2.49. The normalized spacial score (nSPS) is 9.81. The van der Waals surface area contributed by atoms with Crippen LogP contribution >= 0.6 is 11.6 Å². The van der Waals surface area contributed by atoms with Crippen LogP contribution in [0.4, 0.5) is 4.79 Å². The second-order valence-electron chi connectivity index (χ2n) is 3.90. The molecular formula is C15H11ClO5. The number of hydrogen-bond acceptors (Lipinski definition) is 5. The number of methoxy groups -OCH3 is 1. The Kier molecular flexibility index (Phi) is 4.79. The van der Waals surface area contributed by atoms with E-state index >= 15 is 0 Å². The molecule has 2 aromatic carbocycles. The zero-order valence-electron chi connectivity index (χ0n) is 11.0. The summed E-state index contributed by atoms with van der Waals surface area (Å²) in [6.45, 7) is 0. The molecule has 6 heteroatoms. The number of rotatable bonds is 3. The molecule has 2 aromatic rings. The summed E-state index contributed by atoms with van der Waals surface area (Å²) in [5.41, 5.74) is 0.351. The van der Waals surface area contributed by atoms with Crippen molar-refractivity contribution in [3.8, 4) is 11.5 Å². The first-order valence-electron chi connectivity index (χ1n) is 5.92. The van der Waals surface area contributed by atoms with Gasteiger partial charge < -0.3 is 14.2 Å². The van der Waals surface area contributed by atoms with Crippen LogP contribution in [0, 0.1) is 0 Å². The first kappa shape index (κ1) is 14.9. The van der Waals surface area contributed by atoms with Crippen LogP contribution < -0.4 is 9.47 Å². The van der Waals surface area contributed by atoms with Crippen LogP contribution in [0.1, 0.15) is 10.4 Å². The zero-order valence-corrected chi connectivity index (χ0v) is 11.8. The number of hydrogen-bond donors (Lipinski definition) is 0. The molecule has 0 aliphatic heterocycles. The highest BCUT2D eigenvalue weighted by molar-refractivity contribution is 6.32. The minimum Gasteiger partial charge on any atom is -0.465 e. The highest BCUT2D eigenvalue weighted by Crippen LogP contribution is 2.24. The van der Waals surface area contributed by atoms with Gasteiger partial charge in [0.15, 0.2) is 5.75 Å². The monoisotopic (exact) mass is 306 g/mol. The van der Waals surface area contributed by atoms with Crippen LogP contribution in [0.3, 0.4) is 0 Å². The van der Waals surface area contributed by atoms with Crippen LogP contribution in [-0.4, -0.2) is 19.2 Å². The Hall–Kier alpha value is -2.53. The van der Waals surface area contributed by atoms with Crippen molar-refractivity contribution >= 4 is 23.7 Å². The molecule has 5 nitrogen and oxygen atoms in total. The Morgan fingerprint density at radius 2 is 1.62 bits per heavy atom. The zero-order chi connectivity index (χ0) is 15.2. The van der Waals surface area contributed by atoms with E-state index < -0.39 is 12.1 Å². The predicted molar refractivity (Wildman–Crippen MR) is 75.9 cm³/mol. The highest BCUT2D eigenvalue weighted by Gasteiger charge is 2.11. The quantitative estimate of drug-likeness (QED) is 0.639. The van der Waals surface area contributed by atoms with Crippen molar-refractivity contribution in [3.05, 3.63) is 59.1 Å². The molecule has 0 saturated carbocycles. The van der Waals surface area contributed by atoms with E-state index in [-0.39, 0.29) is 11.5 Å². The Morgan fingerprint density at radius 1 is 0.952 bits per heavy atom. The average molecular weight is 307 g/mol. The van der Waals surface area contributed by atoms with Gasteiger partial charge in [-0.2, -0.15) is 0 Å². The second-order valence-corrected chi connectivity index (χ2v) is 4.31. The second kappa shape index (κ2) is 6.76. The molecule has 2 rings (SSSR count). The summed E-state index contributed by atoms with van der Waals surface area (Å²) in [6.07, 6.45) is -0.922. The van der Waals surface area contributed by atoms with Crippen molar-refractivity contribution in [2.45, 2.75) is 0 Å². The van der Waals surface area contributed by atoms with E-state index in [1.807, 2.05) is 0 Å². The van der Waals surface area contributed by atoms with Gasteiger partial charge in [0.05, 0.1) is 17.7 Å². The third kappa shape index (κ3) is 3.97. The van der Waals surface area contributed by atoms with E-state index in [2.05, 4.69) is 4.74 Å². The van der Waals surface area contributed by atoms with Gasteiger partial charge in [-0.1, -0.05) is 23.7 Å². The Morgan fingerprint density at radius 3 is 2.24 bits per heavy atom. The fraction of sp³-hybridized carbons (Fsp3) is 0.0667. The van der Waals surface area contributed by atoms with E-state index in [0.29, 0.717) is 10.6 Å². The van der Waals surface area contributed by atoms with Crippen LogP contribution in [0.25, 0.3) is 0 Å². The summed E-state index contributed by atoms with van der Waals surface area (Å²) in [7, 11) is 1.29. The molecule has 21 heavy (non-hydrogen) atoms. The van der Waals surface area contributed by atoms with Crippen molar-refractivity contribution < 1.29 is 23.8 Å². The maximum atomic E-state index is 11.6. The SMILES string of the molecule is COC(=O)c1ccc(OC(=O)Oc2ccccc2Cl)cc1. The Bertz CT molecular complexity index is 651. The fourth-order valence-electron chi connectivity index (χ4n) is 1.51. The molecule has 0 aliphatic carbocycles. The molecule has 0 atom stereocenters. The lowest BCUT2D eigenvalue weighted by molar-refractivity contribution is 0.0600. The topological polar surface area (TPSA) is 61.8 Å². The summed E-state index contributed by atoms with van der Waals surface area (Å²) in [5, 5.41) is 0.301. The molecule has 0 amide bonds. The standard InChI is InChI=1S/C15H11ClO5/c1-19-14(17)10-6-8-11(9-7-10)20-15(18)21-13-5-3-2-4-12(13)16/h2-9H,1H3. The van der Waals surface area contributed by atoms with E-state index in [4.69, 9.17) is 21.1 Å². The fourth-order valence-corrected chi connectivity index (χ4v) is 1.69. The molecule has 0 fully saturated rings. The van der Waals surface area contributed by atoms with Crippen LogP contribution in [0.15, 0.2) is 48.5 Å². The number of carbonyl (C=O) groups excluding carboxylic acids is 2. The van der Waals surface area contributed by atoms with Crippen molar-refractivity contribution in [2.75, 3.05) is 7.11 Å². The van der Waals surface area contributed by atoms with E-state index in [0.717, 1.165) is 0 Å². The molecule has 0 aromatic heterocycles. The summed E-state index contributed by atoms with van der Waals surface area (Å²) in [6, 6.07) is 12.4. The molecule has 0 unspecified atom stereocenters. The number of ether oxygens (including phenoxy) is 3. The van der Waals surface area contributed by atoms with Gasteiger partial charge in [-0.25, -0.2) is 9.59 Å². The van der Waals surface area contributed by atoms with Crippen LogP contribution in [0.2, 0.25) is 5.02 Å². The third-order valence-corrected chi connectivity index (χ3v) is 2.82. The first-order valence-corrected chi connectivity index (χ1v) is 6.30. The third-order valence-electron chi connectivity index (χ3n) is 2.51. The van der Waals surface area contributed by atoms with Gasteiger partial charge in [0.2, 0.25) is 0 Å². The van der Waals surface area contributed by atoms with Gasteiger partial charge in [0.1, 0.15) is 5.75 Å². The molecule has 0 radical (unpaired) electrons. The predicted octanol–water partition coefficient (Wildman–Crippen LogP) is 3.70. The first-order chi connectivity index (χ1) is 10.1. The van der Waals surface area contributed by atoms with Gasteiger partial charge in [-0.05, 0) is 36.4 Å². The molecule has 0 saturated heterocycles. The molecule has 0 heterocycles. The van der Waals surface area contributed by atoms with Gasteiger partial charge in [-0.15, -0.1) is 0 Å². The summed E-state index contributed by atoms with van der Waals surface area (Å²) in [4.78, 5) is 22.9. The maximum absolute atomic E-state index is 11.6. The number of benzene rings is 2. The van der Waals surface area contributed by atoms with Crippen LogP contribution in [-0.2, 0) is 4.74 Å². The lowest BCUT2D eigenvalue weighted by atomic mass is 10.2.